The summed E-state index contributed by atoms with van der Waals surface area (Å²) in [6.07, 6.45) is 0.587. The lowest BCUT2D eigenvalue weighted by atomic mass is 9.89. The summed E-state index contributed by atoms with van der Waals surface area (Å²) < 4.78 is 0. The molecular formula is C14H19NO. The first-order chi connectivity index (χ1) is 7.68. The van der Waals surface area contributed by atoms with Crippen LogP contribution in [0.1, 0.15) is 18.1 Å². The molecule has 1 fully saturated rings. The predicted molar refractivity (Wildman–Crippen MR) is 65.4 cm³/mol. The molecule has 1 aliphatic heterocycles. The maximum Gasteiger partial charge on any atom is 0.141 e. The van der Waals surface area contributed by atoms with Crippen molar-refractivity contribution >= 4 is 5.78 Å². The zero-order chi connectivity index (χ0) is 11.5. The molecule has 2 nitrogen and oxygen atoms in total. The van der Waals surface area contributed by atoms with Gasteiger partial charge in [-0.05, 0) is 30.5 Å². The van der Waals surface area contributed by atoms with E-state index in [-0.39, 0.29) is 5.92 Å². The number of nitrogens with one attached hydrogen (secondary N) is 1. The van der Waals surface area contributed by atoms with E-state index in [0.29, 0.717) is 18.1 Å². The van der Waals surface area contributed by atoms with Crippen molar-refractivity contribution in [2.24, 2.45) is 11.8 Å². The third kappa shape index (κ3) is 2.33. The van der Waals surface area contributed by atoms with Crippen molar-refractivity contribution in [1.29, 1.82) is 0 Å². The second-order valence-corrected chi connectivity index (χ2v) is 4.81. The maximum absolute atomic E-state index is 12.1. The molecular weight excluding hydrogens is 198 g/mol. The zero-order valence-corrected chi connectivity index (χ0v) is 9.99. The number of carbonyl (C=O) groups excluding carboxylic acids is 1. The predicted octanol–water partition coefficient (Wildman–Crippen LogP) is 1.96. The molecule has 1 aromatic carbocycles. The molecule has 16 heavy (non-hydrogen) atoms. The fraction of sp³-hybridized carbons (Fsp3) is 0.500. The van der Waals surface area contributed by atoms with Gasteiger partial charge in [-0.1, -0.05) is 31.2 Å². The summed E-state index contributed by atoms with van der Waals surface area (Å²) >= 11 is 0. The van der Waals surface area contributed by atoms with Crippen molar-refractivity contribution in [3.05, 3.63) is 35.4 Å². The molecule has 0 aliphatic carbocycles. The van der Waals surface area contributed by atoms with Crippen LogP contribution in [0.2, 0.25) is 0 Å². The maximum atomic E-state index is 12.1. The lowest BCUT2D eigenvalue weighted by Gasteiger charge is -2.13. The largest absolute Gasteiger partial charge is 0.316 e. The lowest BCUT2D eigenvalue weighted by molar-refractivity contribution is -0.122. The fourth-order valence-corrected chi connectivity index (χ4v) is 2.37. The third-order valence-electron chi connectivity index (χ3n) is 3.56. The van der Waals surface area contributed by atoms with Gasteiger partial charge in [-0.2, -0.15) is 0 Å². The molecule has 2 heteroatoms. The van der Waals surface area contributed by atoms with Crippen LogP contribution in [0.3, 0.4) is 0 Å². The van der Waals surface area contributed by atoms with Gasteiger partial charge in [0.15, 0.2) is 0 Å². The fourth-order valence-electron chi connectivity index (χ4n) is 2.37. The molecule has 2 rings (SSSR count). The molecule has 1 aliphatic rings. The minimum Gasteiger partial charge on any atom is -0.316 e. The summed E-state index contributed by atoms with van der Waals surface area (Å²) in [5.74, 6) is 1.07. The average Bonchev–Trinajstić information content (AvgIpc) is 2.68. The number of hydrogen-bond acceptors (Lipinski definition) is 2. The van der Waals surface area contributed by atoms with Crippen LogP contribution in [0.4, 0.5) is 0 Å². The van der Waals surface area contributed by atoms with Crippen molar-refractivity contribution < 1.29 is 4.79 Å². The van der Waals surface area contributed by atoms with Crippen LogP contribution in [0.25, 0.3) is 0 Å². The standard InChI is InChI=1S/C14H19NO/c1-10-5-3-4-6-12(10)7-14(16)13-9-15-8-11(13)2/h3-6,11,13,15H,7-9H2,1-2H3. The summed E-state index contributed by atoms with van der Waals surface area (Å²) in [5.41, 5.74) is 2.39. The second kappa shape index (κ2) is 4.79. The van der Waals surface area contributed by atoms with Crippen molar-refractivity contribution in [3.63, 3.8) is 0 Å². The van der Waals surface area contributed by atoms with Crippen LogP contribution in [0.15, 0.2) is 24.3 Å². The zero-order valence-electron chi connectivity index (χ0n) is 9.99. The van der Waals surface area contributed by atoms with Gasteiger partial charge in [0.2, 0.25) is 0 Å². The Labute approximate surface area is 97.1 Å². The summed E-state index contributed by atoms with van der Waals surface area (Å²) in [5, 5.41) is 3.28. The molecule has 0 saturated carbocycles. The monoisotopic (exact) mass is 217 g/mol. The van der Waals surface area contributed by atoms with Crippen molar-refractivity contribution in [2.75, 3.05) is 13.1 Å². The molecule has 0 bridgehead atoms. The molecule has 86 valence electrons. The Hall–Kier alpha value is -1.15. The number of rotatable bonds is 3. The van der Waals surface area contributed by atoms with Crippen LogP contribution in [0, 0.1) is 18.8 Å². The van der Waals surface area contributed by atoms with Crippen molar-refractivity contribution in [1.82, 2.24) is 5.32 Å². The minimum atomic E-state index is 0.208. The Balaban J connectivity index is 2.05. The normalized spacial score (nSPS) is 24.6. The van der Waals surface area contributed by atoms with Gasteiger partial charge in [0.25, 0.3) is 0 Å². The van der Waals surface area contributed by atoms with E-state index < -0.39 is 0 Å². The average molecular weight is 217 g/mol. The molecule has 1 saturated heterocycles. The van der Waals surface area contributed by atoms with Gasteiger partial charge in [-0.3, -0.25) is 4.79 Å². The molecule has 0 radical (unpaired) electrons. The highest BCUT2D eigenvalue weighted by Crippen LogP contribution is 2.19. The molecule has 1 heterocycles. The first-order valence-corrected chi connectivity index (χ1v) is 5.96. The molecule has 0 spiro atoms. The van der Waals surface area contributed by atoms with Crippen LogP contribution in [-0.2, 0) is 11.2 Å². The number of benzene rings is 1. The Morgan fingerprint density at radius 1 is 1.38 bits per heavy atom. The van der Waals surface area contributed by atoms with E-state index in [1.807, 2.05) is 12.1 Å². The Morgan fingerprint density at radius 3 is 2.75 bits per heavy atom. The number of aryl methyl sites for hydroxylation is 1. The van der Waals surface area contributed by atoms with E-state index in [0.717, 1.165) is 13.1 Å². The highest BCUT2D eigenvalue weighted by Gasteiger charge is 2.29. The Bertz CT molecular complexity index is 386. The quantitative estimate of drug-likeness (QED) is 0.838. The molecule has 1 N–H and O–H groups in total. The van der Waals surface area contributed by atoms with Gasteiger partial charge in [-0.15, -0.1) is 0 Å². The minimum absolute atomic E-state index is 0.208. The number of Topliss-reactive ketones (excluding diaryl/α,β-unsaturated/α-hetero) is 1. The van der Waals surface area contributed by atoms with Gasteiger partial charge in [0.1, 0.15) is 5.78 Å². The SMILES string of the molecule is Cc1ccccc1CC(=O)C1CNCC1C. The van der Waals surface area contributed by atoms with Crippen molar-refractivity contribution in [2.45, 2.75) is 20.3 Å². The summed E-state index contributed by atoms with van der Waals surface area (Å²) in [6, 6.07) is 8.15. The summed E-state index contributed by atoms with van der Waals surface area (Å²) in [7, 11) is 0. The highest BCUT2D eigenvalue weighted by molar-refractivity contribution is 5.84. The molecule has 2 atom stereocenters. The van der Waals surface area contributed by atoms with E-state index in [4.69, 9.17) is 0 Å². The van der Waals surface area contributed by atoms with Gasteiger partial charge in [-0.25, -0.2) is 0 Å². The van der Waals surface area contributed by atoms with Crippen LogP contribution < -0.4 is 5.32 Å². The van der Waals surface area contributed by atoms with E-state index in [9.17, 15) is 4.79 Å². The van der Waals surface area contributed by atoms with Gasteiger partial charge < -0.3 is 5.32 Å². The second-order valence-electron chi connectivity index (χ2n) is 4.81. The Kier molecular flexibility index (Phi) is 3.39. The van der Waals surface area contributed by atoms with Crippen molar-refractivity contribution in [3.8, 4) is 0 Å². The molecule has 0 amide bonds. The Morgan fingerprint density at radius 2 is 2.12 bits per heavy atom. The molecule has 1 aromatic rings. The first kappa shape index (κ1) is 11.3. The van der Waals surface area contributed by atoms with E-state index in [2.05, 4.69) is 31.3 Å². The molecule has 2 unspecified atom stereocenters. The van der Waals surface area contributed by atoms with E-state index in [1.54, 1.807) is 0 Å². The highest BCUT2D eigenvalue weighted by atomic mass is 16.1. The first-order valence-electron chi connectivity index (χ1n) is 5.96. The third-order valence-corrected chi connectivity index (χ3v) is 3.56. The van der Waals surface area contributed by atoms with E-state index in [1.165, 1.54) is 11.1 Å². The topological polar surface area (TPSA) is 29.1 Å². The summed E-state index contributed by atoms with van der Waals surface area (Å²) in [6.45, 7) is 6.05. The number of carbonyl (C=O) groups is 1. The van der Waals surface area contributed by atoms with E-state index >= 15 is 0 Å². The number of ketones is 1. The van der Waals surface area contributed by atoms with Crippen LogP contribution in [-0.4, -0.2) is 18.9 Å². The van der Waals surface area contributed by atoms with Crippen LogP contribution >= 0.6 is 0 Å². The number of hydrogen-bond donors (Lipinski definition) is 1. The van der Waals surface area contributed by atoms with Gasteiger partial charge in [0.05, 0.1) is 0 Å². The smallest absolute Gasteiger partial charge is 0.141 e. The summed E-state index contributed by atoms with van der Waals surface area (Å²) in [4.78, 5) is 12.1. The van der Waals surface area contributed by atoms with Gasteiger partial charge >= 0.3 is 0 Å². The molecule has 0 aromatic heterocycles. The van der Waals surface area contributed by atoms with Crippen LogP contribution in [0.5, 0.6) is 0 Å². The lowest BCUT2D eigenvalue weighted by Crippen LogP contribution is -2.23. The van der Waals surface area contributed by atoms with Gasteiger partial charge in [0, 0.05) is 18.9 Å².